The lowest BCUT2D eigenvalue weighted by atomic mass is 10.3. The summed E-state index contributed by atoms with van der Waals surface area (Å²) in [6.07, 6.45) is -4.76. The molecule has 0 bridgehead atoms. The third-order valence-electron chi connectivity index (χ3n) is 4.22. The molecule has 0 aliphatic carbocycles. The topological polar surface area (TPSA) is 101 Å². The minimum Gasteiger partial charge on any atom is -0.406 e. The lowest BCUT2D eigenvalue weighted by Gasteiger charge is -2.28. The summed E-state index contributed by atoms with van der Waals surface area (Å²) in [6, 6.07) is 6.23. The molecule has 0 saturated carbocycles. The molecule has 1 aromatic carbocycles. The van der Waals surface area contributed by atoms with Gasteiger partial charge >= 0.3 is 12.4 Å². The predicted molar refractivity (Wildman–Crippen MR) is 108 cm³/mol. The zero-order valence-corrected chi connectivity index (χ0v) is 16.8. The van der Waals surface area contributed by atoms with Gasteiger partial charge in [-0.2, -0.15) is 0 Å². The van der Waals surface area contributed by atoms with E-state index in [1.165, 1.54) is 12.1 Å². The number of hydrogen-bond acceptors (Lipinski definition) is 7. The van der Waals surface area contributed by atoms with Crippen LogP contribution < -0.4 is 25.6 Å². The minimum atomic E-state index is -4.76. The molecule has 0 atom stereocenters. The molecule has 3 N–H and O–H groups in total. The first kappa shape index (κ1) is 22.4. The molecule has 0 unspecified atom stereocenters. The molecule has 0 spiro atoms. The van der Waals surface area contributed by atoms with Crippen LogP contribution in [0.15, 0.2) is 30.3 Å². The molecule has 12 heteroatoms. The van der Waals surface area contributed by atoms with E-state index in [-0.39, 0.29) is 5.75 Å². The van der Waals surface area contributed by atoms with Gasteiger partial charge in [-0.15, -0.1) is 13.2 Å². The van der Waals surface area contributed by atoms with Crippen LogP contribution in [0.5, 0.6) is 5.75 Å². The third kappa shape index (κ3) is 7.48. The van der Waals surface area contributed by atoms with E-state index in [0.717, 1.165) is 31.0 Å². The fraction of sp³-hybridized carbons (Fsp3) is 0.421. The van der Waals surface area contributed by atoms with Gasteiger partial charge in [-0.25, -0.2) is 14.8 Å². The number of rotatable bonds is 7. The highest BCUT2D eigenvalue weighted by Gasteiger charge is 2.30. The monoisotopic (exact) mass is 440 g/mol. The summed E-state index contributed by atoms with van der Waals surface area (Å²) in [5.41, 5.74) is 0.335. The second kappa shape index (κ2) is 10.2. The molecule has 168 valence electrons. The molecule has 1 aliphatic heterocycles. The summed E-state index contributed by atoms with van der Waals surface area (Å²) in [4.78, 5) is 22.9. The Morgan fingerprint density at radius 2 is 1.87 bits per heavy atom. The van der Waals surface area contributed by atoms with E-state index in [0.29, 0.717) is 43.6 Å². The van der Waals surface area contributed by atoms with Crippen LogP contribution in [-0.2, 0) is 4.74 Å². The standard InChI is InChI=1S/C19H23F3N6O3/c1-13-25-16(12-17(26-13)28-8-10-30-11-9-28)23-6-7-24-18(29)27-14-2-4-15(5-3-14)31-19(20,21)22/h2-5,12H,6-11H2,1H3,(H,23,25,26)(H2,24,27,29). The number of ether oxygens (including phenoxy) is 2. The maximum atomic E-state index is 12.2. The number of aromatic nitrogens is 2. The Kier molecular flexibility index (Phi) is 7.34. The van der Waals surface area contributed by atoms with E-state index in [4.69, 9.17) is 4.74 Å². The second-order valence-corrected chi connectivity index (χ2v) is 6.64. The number of halogens is 3. The van der Waals surface area contributed by atoms with E-state index in [9.17, 15) is 18.0 Å². The molecule has 1 saturated heterocycles. The summed E-state index contributed by atoms with van der Waals surface area (Å²) in [7, 11) is 0. The molecule has 2 aromatic rings. The smallest absolute Gasteiger partial charge is 0.406 e. The van der Waals surface area contributed by atoms with Crippen molar-refractivity contribution in [2.24, 2.45) is 0 Å². The number of amides is 2. The Morgan fingerprint density at radius 1 is 1.16 bits per heavy atom. The number of nitrogens with one attached hydrogen (secondary N) is 3. The van der Waals surface area contributed by atoms with Crippen LogP contribution in [0.2, 0.25) is 0 Å². The number of nitrogens with zero attached hydrogens (tertiary/aromatic N) is 3. The molecule has 2 amide bonds. The first-order valence-corrected chi connectivity index (χ1v) is 9.61. The first-order valence-electron chi connectivity index (χ1n) is 9.61. The molecule has 9 nitrogen and oxygen atoms in total. The van der Waals surface area contributed by atoms with Crippen LogP contribution in [0, 0.1) is 6.92 Å². The van der Waals surface area contributed by atoms with E-state index in [1.807, 2.05) is 13.0 Å². The molecule has 2 heterocycles. The van der Waals surface area contributed by atoms with Gasteiger partial charge in [0.05, 0.1) is 13.2 Å². The Balaban J connectivity index is 1.42. The van der Waals surface area contributed by atoms with Gasteiger partial charge < -0.3 is 30.3 Å². The van der Waals surface area contributed by atoms with Gasteiger partial charge in [0.2, 0.25) is 0 Å². The van der Waals surface area contributed by atoms with E-state index >= 15 is 0 Å². The lowest BCUT2D eigenvalue weighted by Crippen LogP contribution is -2.37. The number of alkyl halides is 3. The highest BCUT2D eigenvalue weighted by molar-refractivity contribution is 5.89. The Labute approximate surface area is 177 Å². The van der Waals surface area contributed by atoms with Gasteiger partial charge in [-0.3, -0.25) is 0 Å². The first-order chi connectivity index (χ1) is 14.8. The van der Waals surface area contributed by atoms with Gasteiger partial charge in [-0.05, 0) is 31.2 Å². The summed E-state index contributed by atoms with van der Waals surface area (Å²) in [5.74, 6) is 1.74. The van der Waals surface area contributed by atoms with Crippen LogP contribution in [-0.4, -0.2) is 61.8 Å². The maximum absolute atomic E-state index is 12.2. The van der Waals surface area contributed by atoms with Crippen molar-refractivity contribution in [2.45, 2.75) is 13.3 Å². The van der Waals surface area contributed by atoms with Gasteiger partial charge in [0.1, 0.15) is 23.2 Å². The predicted octanol–water partition coefficient (Wildman–Crippen LogP) is 2.75. The number of urea groups is 1. The number of benzene rings is 1. The Morgan fingerprint density at radius 3 is 2.55 bits per heavy atom. The van der Waals surface area contributed by atoms with Gasteiger partial charge in [0.15, 0.2) is 0 Å². The number of hydrogen-bond donors (Lipinski definition) is 3. The highest BCUT2D eigenvalue weighted by Crippen LogP contribution is 2.24. The molecule has 1 aromatic heterocycles. The zero-order valence-electron chi connectivity index (χ0n) is 16.8. The fourth-order valence-corrected chi connectivity index (χ4v) is 2.88. The Bertz CT molecular complexity index is 873. The maximum Gasteiger partial charge on any atom is 0.573 e. The van der Waals surface area contributed by atoms with E-state index < -0.39 is 12.4 Å². The van der Waals surface area contributed by atoms with Crippen LogP contribution >= 0.6 is 0 Å². The number of anilines is 3. The van der Waals surface area contributed by atoms with Crippen molar-refractivity contribution in [3.8, 4) is 5.75 Å². The van der Waals surface area contributed by atoms with Gasteiger partial charge in [-0.1, -0.05) is 0 Å². The zero-order chi connectivity index (χ0) is 22.3. The van der Waals surface area contributed by atoms with Crippen molar-refractivity contribution in [3.63, 3.8) is 0 Å². The van der Waals surface area contributed by atoms with Crippen molar-refractivity contribution in [2.75, 3.05) is 54.9 Å². The van der Waals surface area contributed by atoms with Crippen molar-refractivity contribution in [3.05, 3.63) is 36.2 Å². The molecular weight excluding hydrogens is 417 g/mol. The van der Waals surface area contributed by atoms with Gasteiger partial charge in [0.25, 0.3) is 0 Å². The second-order valence-electron chi connectivity index (χ2n) is 6.64. The summed E-state index contributed by atoms with van der Waals surface area (Å²) < 4.78 is 45.6. The average molecular weight is 440 g/mol. The van der Waals surface area contributed by atoms with Gasteiger partial charge in [0, 0.05) is 37.9 Å². The van der Waals surface area contributed by atoms with E-state index in [1.54, 1.807) is 0 Å². The van der Waals surface area contributed by atoms with E-state index in [2.05, 4.69) is 35.6 Å². The molecule has 31 heavy (non-hydrogen) atoms. The van der Waals surface area contributed by atoms with Crippen molar-refractivity contribution in [1.82, 2.24) is 15.3 Å². The average Bonchev–Trinajstić information content (AvgIpc) is 2.72. The number of morpholine rings is 1. The van der Waals surface area contributed by atoms with Crippen molar-refractivity contribution >= 4 is 23.4 Å². The lowest BCUT2D eigenvalue weighted by molar-refractivity contribution is -0.274. The third-order valence-corrected chi connectivity index (χ3v) is 4.22. The minimum absolute atomic E-state index is 0.303. The number of carbonyl (C=O) groups is 1. The normalized spacial score (nSPS) is 14.1. The Hall–Kier alpha value is -3.28. The van der Waals surface area contributed by atoms with Crippen LogP contribution in [0.3, 0.4) is 0 Å². The summed E-state index contributed by atoms with van der Waals surface area (Å²) >= 11 is 0. The highest BCUT2D eigenvalue weighted by atomic mass is 19.4. The van der Waals surface area contributed by atoms with Crippen LogP contribution in [0.4, 0.5) is 35.3 Å². The molecular formula is C19H23F3N6O3. The number of aryl methyl sites for hydroxylation is 1. The summed E-state index contributed by atoms with van der Waals surface area (Å²) in [6.45, 7) is 5.38. The largest absolute Gasteiger partial charge is 0.573 e. The fourth-order valence-electron chi connectivity index (χ4n) is 2.88. The quantitative estimate of drug-likeness (QED) is 0.569. The molecule has 1 fully saturated rings. The molecule has 3 rings (SSSR count). The summed E-state index contributed by atoms with van der Waals surface area (Å²) in [5, 5.41) is 8.32. The molecule has 1 aliphatic rings. The van der Waals surface area contributed by atoms with Crippen molar-refractivity contribution in [1.29, 1.82) is 0 Å². The van der Waals surface area contributed by atoms with Crippen molar-refractivity contribution < 1.29 is 27.4 Å². The number of carbonyl (C=O) groups excluding carboxylic acids is 1. The van der Waals surface area contributed by atoms with Crippen LogP contribution in [0.25, 0.3) is 0 Å². The van der Waals surface area contributed by atoms with Crippen LogP contribution in [0.1, 0.15) is 5.82 Å². The SMILES string of the molecule is Cc1nc(NCCNC(=O)Nc2ccc(OC(F)(F)F)cc2)cc(N2CCOCC2)n1. The molecule has 0 radical (unpaired) electrons.